The molecule has 1 heteroatoms. The highest BCUT2D eigenvalue weighted by atomic mass is 16.5. The minimum atomic E-state index is -0.447. The van der Waals surface area contributed by atoms with Crippen LogP contribution < -0.4 is 4.74 Å². The van der Waals surface area contributed by atoms with E-state index in [1.54, 1.807) is 0 Å². The van der Waals surface area contributed by atoms with E-state index in [9.17, 15) is 0 Å². The molecule has 0 radical (unpaired) electrons. The van der Waals surface area contributed by atoms with Gasteiger partial charge in [0.25, 0.3) is 0 Å². The van der Waals surface area contributed by atoms with Gasteiger partial charge in [-0.3, -0.25) is 0 Å². The molecular weight excluding hydrogens is 556 g/mol. The van der Waals surface area contributed by atoms with Gasteiger partial charge >= 0.3 is 0 Å². The van der Waals surface area contributed by atoms with E-state index in [1.165, 1.54) is 60.5 Å². The average molecular weight is 585 g/mol. The number of para-hydroxylation sites is 1. The molecule has 8 aromatic carbocycles. The minimum absolute atomic E-state index is 0.447. The maximum absolute atomic E-state index is 6.69. The fourth-order valence-corrected chi connectivity index (χ4v) is 8.15. The van der Waals surface area contributed by atoms with Gasteiger partial charge in [-0.2, -0.15) is 0 Å². The quantitative estimate of drug-likeness (QED) is 0.201. The third kappa shape index (κ3) is 3.40. The number of rotatable bonds is 3. The molecule has 214 valence electrons. The summed E-state index contributed by atoms with van der Waals surface area (Å²) in [6, 6.07) is 62.0. The fraction of sp³-hybridized carbons (Fsp3) is 0.0222. The summed E-state index contributed by atoms with van der Waals surface area (Å²) in [6.07, 6.45) is 0. The molecule has 2 aliphatic rings. The summed E-state index contributed by atoms with van der Waals surface area (Å²) in [4.78, 5) is 0. The van der Waals surface area contributed by atoms with Crippen LogP contribution in [0.5, 0.6) is 11.5 Å². The lowest BCUT2D eigenvalue weighted by molar-refractivity contribution is 0.489. The molecule has 1 heterocycles. The van der Waals surface area contributed by atoms with Crippen molar-refractivity contribution in [3.8, 4) is 44.9 Å². The first-order valence-corrected chi connectivity index (χ1v) is 15.9. The van der Waals surface area contributed by atoms with Crippen molar-refractivity contribution < 1.29 is 4.74 Å². The molecule has 0 N–H and O–H groups in total. The molecule has 0 bridgehead atoms. The molecule has 10 rings (SSSR count). The fourth-order valence-electron chi connectivity index (χ4n) is 8.15. The van der Waals surface area contributed by atoms with Crippen molar-refractivity contribution in [2.75, 3.05) is 0 Å². The van der Waals surface area contributed by atoms with Crippen LogP contribution in [0.2, 0.25) is 0 Å². The average Bonchev–Trinajstić information content (AvgIpc) is 3.41. The molecule has 8 aromatic rings. The number of ether oxygens (including phenoxy) is 1. The third-order valence-corrected chi connectivity index (χ3v) is 10.1. The van der Waals surface area contributed by atoms with Gasteiger partial charge in [0.05, 0.1) is 5.41 Å². The topological polar surface area (TPSA) is 9.23 Å². The van der Waals surface area contributed by atoms with Gasteiger partial charge in [-0.25, -0.2) is 0 Å². The lowest BCUT2D eigenvalue weighted by atomic mass is 9.67. The van der Waals surface area contributed by atoms with Crippen molar-refractivity contribution in [2.45, 2.75) is 5.41 Å². The summed E-state index contributed by atoms with van der Waals surface area (Å²) in [5.74, 6) is 1.83. The van der Waals surface area contributed by atoms with Crippen molar-refractivity contribution in [3.05, 3.63) is 192 Å². The van der Waals surface area contributed by atoms with Crippen molar-refractivity contribution in [1.29, 1.82) is 0 Å². The van der Waals surface area contributed by atoms with E-state index in [4.69, 9.17) is 4.74 Å². The Hall–Kier alpha value is -5.92. The normalized spacial score (nSPS) is 15.7. The van der Waals surface area contributed by atoms with Gasteiger partial charge in [-0.15, -0.1) is 0 Å². The van der Waals surface area contributed by atoms with Gasteiger partial charge in [-0.1, -0.05) is 152 Å². The van der Waals surface area contributed by atoms with Gasteiger partial charge in [-0.05, 0) is 78.9 Å². The van der Waals surface area contributed by atoms with E-state index < -0.39 is 5.41 Å². The van der Waals surface area contributed by atoms with E-state index in [1.807, 2.05) is 0 Å². The number of benzene rings is 8. The highest BCUT2D eigenvalue weighted by molar-refractivity contribution is 6.05. The highest BCUT2D eigenvalue weighted by Crippen LogP contribution is 2.57. The number of hydrogen-bond acceptors (Lipinski definition) is 1. The first-order chi connectivity index (χ1) is 22.8. The van der Waals surface area contributed by atoms with Crippen LogP contribution in [0.25, 0.3) is 54.9 Å². The molecule has 0 saturated heterocycles. The minimum Gasteiger partial charge on any atom is -0.455 e. The van der Waals surface area contributed by atoms with Crippen molar-refractivity contribution in [3.63, 3.8) is 0 Å². The summed E-state index contributed by atoms with van der Waals surface area (Å²) < 4.78 is 6.69. The summed E-state index contributed by atoms with van der Waals surface area (Å²) in [7, 11) is 0. The number of fused-ring (bicyclic) bond motifs is 6. The molecule has 0 amide bonds. The smallest absolute Gasteiger partial charge is 0.143 e. The second-order valence-electron chi connectivity index (χ2n) is 12.4. The van der Waals surface area contributed by atoms with Gasteiger partial charge in [0.2, 0.25) is 0 Å². The Kier molecular flexibility index (Phi) is 5.27. The lowest BCUT2D eigenvalue weighted by Gasteiger charge is -2.34. The van der Waals surface area contributed by atoms with Gasteiger partial charge in [0, 0.05) is 16.5 Å². The Morgan fingerprint density at radius 3 is 1.83 bits per heavy atom. The first-order valence-electron chi connectivity index (χ1n) is 15.9. The summed E-state index contributed by atoms with van der Waals surface area (Å²) in [5, 5.41) is 4.91. The molecule has 0 aromatic heterocycles. The zero-order valence-electron chi connectivity index (χ0n) is 25.1. The Morgan fingerprint density at radius 1 is 0.370 bits per heavy atom. The van der Waals surface area contributed by atoms with Crippen LogP contribution in [0.15, 0.2) is 170 Å². The summed E-state index contributed by atoms with van der Waals surface area (Å²) >= 11 is 0. The largest absolute Gasteiger partial charge is 0.455 e. The maximum atomic E-state index is 6.69. The first kappa shape index (κ1) is 25.4. The molecule has 1 aliphatic carbocycles. The molecule has 1 unspecified atom stereocenters. The predicted octanol–water partition coefficient (Wildman–Crippen LogP) is 11.8. The van der Waals surface area contributed by atoms with Crippen molar-refractivity contribution in [1.82, 2.24) is 0 Å². The lowest BCUT2D eigenvalue weighted by Crippen LogP contribution is -2.28. The van der Waals surface area contributed by atoms with Crippen LogP contribution in [-0.2, 0) is 5.41 Å². The highest BCUT2D eigenvalue weighted by Gasteiger charge is 2.46. The van der Waals surface area contributed by atoms with E-state index >= 15 is 0 Å². The van der Waals surface area contributed by atoms with Crippen LogP contribution in [-0.4, -0.2) is 0 Å². The molecule has 0 saturated carbocycles. The van der Waals surface area contributed by atoms with Gasteiger partial charge in [0.1, 0.15) is 11.5 Å². The molecule has 1 aliphatic heterocycles. The Balaban J connectivity index is 1.19. The Morgan fingerprint density at radius 2 is 0.978 bits per heavy atom. The molecule has 0 fully saturated rings. The second-order valence-corrected chi connectivity index (χ2v) is 12.4. The van der Waals surface area contributed by atoms with E-state index in [0.29, 0.717) is 0 Å². The van der Waals surface area contributed by atoms with Crippen LogP contribution in [0.1, 0.15) is 22.3 Å². The summed E-state index contributed by atoms with van der Waals surface area (Å²) in [5.41, 5.74) is 11.9. The van der Waals surface area contributed by atoms with E-state index in [-0.39, 0.29) is 0 Å². The van der Waals surface area contributed by atoms with Crippen LogP contribution >= 0.6 is 0 Å². The number of hydrogen-bond donors (Lipinski definition) is 0. The molecular formula is C45H28O. The maximum Gasteiger partial charge on any atom is 0.143 e. The van der Waals surface area contributed by atoms with Gasteiger partial charge in [0.15, 0.2) is 0 Å². The standard InChI is InChI=1S/C45H28O/c1-2-15-33(16-3-1)45(40-21-7-6-17-36(40)39-27-31-11-4-5-12-32(31)28-41(39)45)34-25-23-29(24-26-34)35-18-10-20-38-37-19-8-13-30-14-9-22-42(43(30)37)46-44(35)38/h1-28H. The molecule has 46 heavy (non-hydrogen) atoms. The molecule has 1 atom stereocenters. The van der Waals surface area contributed by atoms with E-state index in [2.05, 4.69) is 170 Å². The van der Waals surface area contributed by atoms with Crippen LogP contribution in [0.3, 0.4) is 0 Å². The summed E-state index contributed by atoms with van der Waals surface area (Å²) in [6.45, 7) is 0. The zero-order valence-corrected chi connectivity index (χ0v) is 25.1. The molecule has 1 nitrogen and oxygen atoms in total. The van der Waals surface area contributed by atoms with Gasteiger partial charge < -0.3 is 4.74 Å². The Bertz CT molecular complexity index is 2480. The third-order valence-electron chi connectivity index (χ3n) is 10.1. The second kappa shape index (κ2) is 9.54. The van der Waals surface area contributed by atoms with Crippen LogP contribution in [0, 0.1) is 0 Å². The zero-order chi connectivity index (χ0) is 30.2. The Labute approximate surface area is 268 Å². The molecule has 0 spiro atoms. The van der Waals surface area contributed by atoms with E-state index in [0.717, 1.165) is 28.2 Å². The monoisotopic (exact) mass is 584 g/mol. The predicted molar refractivity (Wildman–Crippen MR) is 190 cm³/mol. The van der Waals surface area contributed by atoms with Crippen molar-refractivity contribution >= 4 is 21.5 Å². The SMILES string of the molecule is c1ccc(C2(c3ccc(-c4cccc5c4Oc4cccc6cccc-5c46)cc3)c3ccccc3-c3cc4ccccc4cc32)cc1. The van der Waals surface area contributed by atoms with Crippen molar-refractivity contribution in [2.24, 2.45) is 0 Å². The van der Waals surface area contributed by atoms with Crippen LogP contribution in [0.4, 0.5) is 0 Å².